The van der Waals surface area contributed by atoms with E-state index in [0.717, 1.165) is 40.5 Å². The molecule has 25 heavy (non-hydrogen) atoms. The van der Waals surface area contributed by atoms with Gasteiger partial charge in [-0.2, -0.15) is 0 Å². The summed E-state index contributed by atoms with van der Waals surface area (Å²) in [6.07, 6.45) is 5.88. The molecule has 0 N–H and O–H groups in total. The summed E-state index contributed by atoms with van der Waals surface area (Å²) in [5.74, 6) is 0. The van der Waals surface area contributed by atoms with E-state index in [0.29, 0.717) is 5.71 Å². The molecule has 0 bridgehead atoms. The van der Waals surface area contributed by atoms with Crippen molar-refractivity contribution in [1.29, 1.82) is 0 Å². The fourth-order valence-corrected chi connectivity index (χ4v) is 3.45. The Balaban J connectivity index is 1.93. The molecular weight excluding hydrogens is 308 g/mol. The molecule has 3 heteroatoms. The highest BCUT2D eigenvalue weighted by atomic mass is 16.3. The summed E-state index contributed by atoms with van der Waals surface area (Å²) < 4.78 is 6.07. The van der Waals surface area contributed by atoms with Gasteiger partial charge in [-0.15, -0.1) is 0 Å². The lowest BCUT2D eigenvalue weighted by molar-refractivity contribution is 0.438. The van der Waals surface area contributed by atoms with Crippen LogP contribution in [0.15, 0.2) is 59.3 Å². The SMILES string of the molecule is CCC(C)(CC)c1ccnc(-c2cccc3c2oc2ncccc23)c1. The molecule has 4 rings (SSSR count). The maximum atomic E-state index is 6.07. The van der Waals surface area contributed by atoms with Gasteiger partial charge in [0.2, 0.25) is 5.71 Å². The lowest BCUT2D eigenvalue weighted by Crippen LogP contribution is -2.19. The Morgan fingerprint density at radius 3 is 2.52 bits per heavy atom. The predicted octanol–water partition coefficient (Wildman–Crippen LogP) is 6.12. The van der Waals surface area contributed by atoms with Gasteiger partial charge in [-0.25, -0.2) is 4.98 Å². The maximum Gasteiger partial charge on any atom is 0.227 e. The van der Waals surface area contributed by atoms with Gasteiger partial charge in [0, 0.05) is 28.7 Å². The van der Waals surface area contributed by atoms with Crippen molar-refractivity contribution in [2.24, 2.45) is 0 Å². The zero-order valence-electron chi connectivity index (χ0n) is 14.9. The van der Waals surface area contributed by atoms with Crippen LogP contribution in [-0.2, 0) is 5.41 Å². The fourth-order valence-electron chi connectivity index (χ4n) is 3.45. The Labute approximate surface area is 147 Å². The summed E-state index contributed by atoms with van der Waals surface area (Å²) in [5, 5.41) is 2.13. The molecule has 0 amide bonds. The zero-order chi connectivity index (χ0) is 17.4. The number of pyridine rings is 2. The van der Waals surface area contributed by atoms with Crippen LogP contribution in [0.2, 0.25) is 0 Å². The number of hydrogen-bond donors (Lipinski definition) is 0. The lowest BCUT2D eigenvalue weighted by atomic mass is 9.78. The van der Waals surface area contributed by atoms with Crippen molar-refractivity contribution in [2.75, 3.05) is 0 Å². The van der Waals surface area contributed by atoms with Gasteiger partial charge in [0.05, 0.1) is 5.69 Å². The van der Waals surface area contributed by atoms with E-state index in [2.05, 4.69) is 61.1 Å². The Hall–Kier alpha value is -2.68. The first-order valence-corrected chi connectivity index (χ1v) is 8.89. The molecule has 0 unspecified atom stereocenters. The molecule has 4 aromatic rings. The van der Waals surface area contributed by atoms with Gasteiger partial charge in [0.1, 0.15) is 5.58 Å². The average molecular weight is 330 g/mol. The van der Waals surface area contributed by atoms with E-state index in [1.807, 2.05) is 18.3 Å². The highest BCUT2D eigenvalue weighted by Gasteiger charge is 2.23. The molecule has 0 atom stereocenters. The summed E-state index contributed by atoms with van der Waals surface area (Å²) >= 11 is 0. The normalized spacial score (nSPS) is 12.1. The van der Waals surface area contributed by atoms with Gasteiger partial charge >= 0.3 is 0 Å². The molecule has 3 heterocycles. The number of aromatic nitrogens is 2. The van der Waals surface area contributed by atoms with Crippen LogP contribution in [0.4, 0.5) is 0 Å². The van der Waals surface area contributed by atoms with Crippen LogP contribution in [0.3, 0.4) is 0 Å². The number of fused-ring (bicyclic) bond motifs is 3. The average Bonchev–Trinajstić information content (AvgIpc) is 3.06. The zero-order valence-corrected chi connectivity index (χ0v) is 14.9. The number of para-hydroxylation sites is 1. The van der Waals surface area contributed by atoms with Crippen LogP contribution in [0.25, 0.3) is 33.3 Å². The minimum atomic E-state index is 0.168. The van der Waals surface area contributed by atoms with Crippen molar-refractivity contribution < 1.29 is 4.42 Å². The van der Waals surface area contributed by atoms with E-state index in [9.17, 15) is 0 Å². The molecule has 0 fully saturated rings. The maximum absolute atomic E-state index is 6.07. The molecule has 0 saturated carbocycles. The van der Waals surface area contributed by atoms with Crippen molar-refractivity contribution in [3.8, 4) is 11.3 Å². The molecular formula is C22H22N2O. The number of rotatable bonds is 4. The van der Waals surface area contributed by atoms with E-state index in [-0.39, 0.29) is 5.41 Å². The van der Waals surface area contributed by atoms with Gasteiger partial charge in [-0.05, 0) is 54.2 Å². The minimum Gasteiger partial charge on any atom is -0.437 e. The molecule has 0 radical (unpaired) electrons. The molecule has 0 aliphatic rings. The third kappa shape index (κ3) is 2.51. The van der Waals surface area contributed by atoms with Crippen LogP contribution in [0.1, 0.15) is 39.2 Å². The molecule has 0 saturated heterocycles. The van der Waals surface area contributed by atoms with Gasteiger partial charge < -0.3 is 4.42 Å². The number of nitrogens with zero attached hydrogens (tertiary/aromatic N) is 2. The van der Waals surface area contributed by atoms with E-state index < -0.39 is 0 Å². The van der Waals surface area contributed by atoms with Gasteiger partial charge in [-0.1, -0.05) is 32.9 Å². The van der Waals surface area contributed by atoms with Crippen LogP contribution in [0, 0.1) is 0 Å². The topological polar surface area (TPSA) is 38.9 Å². The number of furan rings is 1. The Bertz CT molecular complexity index is 1040. The van der Waals surface area contributed by atoms with Crippen LogP contribution in [0.5, 0.6) is 0 Å². The summed E-state index contributed by atoms with van der Waals surface area (Å²) in [6.45, 7) is 6.81. The number of benzene rings is 1. The van der Waals surface area contributed by atoms with E-state index in [1.54, 1.807) is 6.20 Å². The largest absolute Gasteiger partial charge is 0.437 e. The second-order valence-electron chi connectivity index (χ2n) is 6.84. The fraction of sp³-hybridized carbons (Fsp3) is 0.273. The molecule has 3 aromatic heterocycles. The lowest BCUT2D eigenvalue weighted by Gasteiger charge is -2.27. The third-order valence-corrected chi connectivity index (χ3v) is 5.57. The Morgan fingerprint density at radius 1 is 0.920 bits per heavy atom. The van der Waals surface area contributed by atoms with Crippen LogP contribution in [-0.4, -0.2) is 9.97 Å². The second kappa shape index (κ2) is 5.99. The van der Waals surface area contributed by atoms with Gasteiger partial charge in [0.15, 0.2) is 0 Å². The first kappa shape index (κ1) is 15.8. The number of hydrogen-bond acceptors (Lipinski definition) is 3. The summed E-state index contributed by atoms with van der Waals surface area (Å²) in [7, 11) is 0. The predicted molar refractivity (Wildman–Crippen MR) is 103 cm³/mol. The summed E-state index contributed by atoms with van der Waals surface area (Å²) in [5.41, 5.74) is 5.00. The smallest absolute Gasteiger partial charge is 0.227 e. The van der Waals surface area contributed by atoms with Crippen molar-refractivity contribution in [2.45, 2.75) is 39.0 Å². The van der Waals surface area contributed by atoms with E-state index in [4.69, 9.17) is 4.42 Å². The van der Waals surface area contributed by atoms with Crippen molar-refractivity contribution in [3.05, 3.63) is 60.4 Å². The third-order valence-electron chi connectivity index (χ3n) is 5.57. The summed E-state index contributed by atoms with van der Waals surface area (Å²) in [4.78, 5) is 8.98. The van der Waals surface area contributed by atoms with Crippen LogP contribution < -0.4 is 0 Å². The molecule has 0 spiro atoms. The monoisotopic (exact) mass is 330 g/mol. The quantitative estimate of drug-likeness (QED) is 0.452. The van der Waals surface area contributed by atoms with Gasteiger partial charge in [-0.3, -0.25) is 4.98 Å². The standard InChI is InChI=1S/C22H22N2O/c1-4-22(3,5-2)15-11-13-23-19(14-15)18-9-6-8-16-17-10-7-12-24-21(17)25-20(16)18/h6-14H,4-5H2,1-3H3. The Morgan fingerprint density at radius 2 is 1.72 bits per heavy atom. The van der Waals surface area contributed by atoms with Crippen molar-refractivity contribution in [3.63, 3.8) is 0 Å². The molecule has 0 aliphatic carbocycles. The molecule has 0 aliphatic heterocycles. The highest BCUT2D eigenvalue weighted by Crippen LogP contribution is 2.36. The first-order chi connectivity index (χ1) is 12.2. The molecule has 1 aromatic carbocycles. The Kier molecular flexibility index (Phi) is 3.79. The van der Waals surface area contributed by atoms with E-state index >= 15 is 0 Å². The van der Waals surface area contributed by atoms with Gasteiger partial charge in [0.25, 0.3) is 0 Å². The first-order valence-electron chi connectivity index (χ1n) is 8.89. The second-order valence-corrected chi connectivity index (χ2v) is 6.84. The minimum absolute atomic E-state index is 0.168. The molecule has 3 nitrogen and oxygen atoms in total. The van der Waals surface area contributed by atoms with E-state index in [1.165, 1.54) is 5.56 Å². The van der Waals surface area contributed by atoms with Crippen LogP contribution >= 0.6 is 0 Å². The van der Waals surface area contributed by atoms with Crippen molar-refractivity contribution in [1.82, 2.24) is 9.97 Å². The highest BCUT2D eigenvalue weighted by molar-refractivity contribution is 6.08. The summed E-state index contributed by atoms with van der Waals surface area (Å²) in [6, 6.07) is 14.6. The molecule has 126 valence electrons. The van der Waals surface area contributed by atoms with Crippen molar-refractivity contribution >= 4 is 22.1 Å².